The lowest BCUT2D eigenvalue weighted by Gasteiger charge is -2.23. The largest absolute Gasteiger partial charge is 0.377 e. The molecule has 0 amide bonds. The van der Waals surface area contributed by atoms with Crippen molar-refractivity contribution < 1.29 is 4.74 Å². The van der Waals surface area contributed by atoms with Gasteiger partial charge in [0.2, 0.25) is 0 Å². The van der Waals surface area contributed by atoms with E-state index in [-0.39, 0.29) is 12.1 Å². The molecule has 0 saturated carbocycles. The molecule has 4 nitrogen and oxygen atoms in total. The van der Waals surface area contributed by atoms with Crippen molar-refractivity contribution in [2.75, 3.05) is 19.7 Å². The maximum atomic E-state index is 5.90. The zero-order valence-electron chi connectivity index (χ0n) is 9.36. The molecule has 0 aromatic rings. The number of ether oxygens (including phenoxy) is 1. The van der Waals surface area contributed by atoms with Crippen LogP contribution in [0.15, 0.2) is 4.99 Å². The molecule has 1 fully saturated rings. The second kappa shape index (κ2) is 5.20. The summed E-state index contributed by atoms with van der Waals surface area (Å²) in [4.78, 5) is 6.45. The third kappa shape index (κ3) is 3.54. The van der Waals surface area contributed by atoms with Gasteiger partial charge in [-0.3, -0.25) is 4.99 Å². The SMILES string of the molecule is CC(C)N=C(N)N1CCCOC(C)C1. The molecule has 1 unspecified atom stereocenters. The lowest BCUT2D eigenvalue weighted by Crippen LogP contribution is -2.41. The van der Waals surface area contributed by atoms with Gasteiger partial charge in [0.25, 0.3) is 0 Å². The van der Waals surface area contributed by atoms with E-state index in [1.165, 1.54) is 0 Å². The van der Waals surface area contributed by atoms with Gasteiger partial charge in [0, 0.05) is 25.7 Å². The average molecular weight is 199 g/mol. The van der Waals surface area contributed by atoms with E-state index < -0.39 is 0 Å². The van der Waals surface area contributed by atoms with Crippen molar-refractivity contribution >= 4 is 5.96 Å². The highest BCUT2D eigenvalue weighted by Crippen LogP contribution is 2.05. The summed E-state index contributed by atoms with van der Waals surface area (Å²) < 4.78 is 5.54. The summed E-state index contributed by atoms with van der Waals surface area (Å²) in [7, 11) is 0. The zero-order valence-corrected chi connectivity index (χ0v) is 9.36. The lowest BCUT2D eigenvalue weighted by atomic mass is 10.3. The van der Waals surface area contributed by atoms with Crippen LogP contribution in [0, 0.1) is 0 Å². The molecular formula is C10H21N3O. The van der Waals surface area contributed by atoms with Crippen molar-refractivity contribution in [2.24, 2.45) is 10.7 Å². The fourth-order valence-corrected chi connectivity index (χ4v) is 1.55. The van der Waals surface area contributed by atoms with Crippen molar-refractivity contribution in [1.82, 2.24) is 4.90 Å². The molecule has 0 radical (unpaired) electrons. The van der Waals surface area contributed by atoms with E-state index in [0.29, 0.717) is 5.96 Å². The van der Waals surface area contributed by atoms with Gasteiger partial charge in [-0.25, -0.2) is 0 Å². The van der Waals surface area contributed by atoms with E-state index >= 15 is 0 Å². The van der Waals surface area contributed by atoms with Crippen LogP contribution in [-0.4, -0.2) is 42.7 Å². The van der Waals surface area contributed by atoms with Crippen molar-refractivity contribution in [3.8, 4) is 0 Å². The molecule has 82 valence electrons. The van der Waals surface area contributed by atoms with Crippen molar-refractivity contribution in [2.45, 2.75) is 39.3 Å². The predicted octanol–water partition coefficient (Wildman–Crippen LogP) is 0.820. The molecule has 4 heteroatoms. The Balaban J connectivity index is 2.56. The molecule has 0 bridgehead atoms. The van der Waals surface area contributed by atoms with Gasteiger partial charge >= 0.3 is 0 Å². The first-order chi connectivity index (χ1) is 6.59. The monoisotopic (exact) mass is 199 g/mol. The first kappa shape index (κ1) is 11.3. The summed E-state index contributed by atoms with van der Waals surface area (Å²) in [5, 5.41) is 0. The molecule has 1 saturated heterocycles. The second-order valence-electron chi connectivity index (χ2n) is 4.06. The fourth-order valence-electron chi connectivity index (χ4n) is 1.55. The third-order valence-electron chi connectivity index (χ3n) is 2.17. The van der Waals surface area contributed by atoms with E-state index in [9.17, 15) is 0 Å². The van der Waals surface area contributed by atoms with Crippen LogP contribution >= 0.6 is 0 Å². The molecule has 1 rings (SSSR count). The van der Waals surface area contributed by atoms with Crippen LogP contribution in [0.5, 0.6) is 0 Å². The highest BCUT2D eigenvalue weighted by Gasteiger charge is 2.16. The quantitative estimate of drug-likeness (QED) is 0.502. The van der Waals surface area contributed by atoms with Crippen LogP contribution in [0.2, 0.25) is 0 Å². The van der Waals surface area contributed by atoms with Gasteiger partial charge in [0.15, 0.2) is 5.96 Å². The fraction of sp³-hybridized carbons (Fsp3) is 0.900. The second-order valence-corrected chi connectivity index (χ2v) is 4.06. The van der Waals surface area contributed by atoms with Crippen molar-refractivity contribution in [3.05, 3.63) is 0 Å². The molecule has 1 aliphatic heterocycles. The average Bonchev–Trinajstić information content (AvgIpc) is 2.28. The molecule has 0 aromatic carbocycles. The summed E-state index contributed by atoms with van der Waals surface area (Å²) in [5.41, 5.74) is 5.90. The zero-order chi connectivity index (χ0) is 10.6. The number of guanidine groups is 1. The molecule has 0 aromatic heterocycles. The molecular weight excluding hydrogens is 178 g/mol. The van der Waals surface area contributed by atoms with E-state index in [4.69, 9.17) is 10.5 Å². The number of rotatable bonds is 1. The van der Waals surface area contributed by atoms with Crippen LogP contribution in [0.1, 0.15) is 27.2 Å². The number of hydrogen-bond donors (Lipinski definition) is 1. The Labute approximate surface area is 86.1 Å². The van der Waals surface area contributed by atoms with Crippen LogP contribution in [-0.2, 0) is 4.74 Å². The third-order valence-corrected chi connectivity index (χ3v) is 2.17. The Morgan fingerprint density at radius 2 is 2.29 bits per heavy atom. The van der Waals surface area contributed by atoms with Crippen LogP contribution in [0.25, 0.3) is 0 Å². The van der Waals surface area contributed by atoms with E-state index in [0.717, 1.165) is 26.1 Å². The molecule has 14 heavy (non-hydrogen) atoms. The first-order valence-electron chi connectivity index (χ1n) is 5.29. The molecule has 0 aliphatic carbocycles. The van der Waals surface area contributed by atoms with Crippen LogP contribution < -0.4 is 5.73 Å². The summed E-state index contributed by atoms with van der Waals surface area (Å²) in [6, 6.07) is 0.259. The van der Waals surface area contributed by atoms with Gasteiger partial charge in [-0.1, -0.05) is 0 Å². The Hall–Kier alpha value is -0.770. The number of hydrogen-bond acceptors (Lipinski definition) is 2. The van der Waals surface area contributed by atoms with Gasteiger partial charge in [-0.05, 0) is 27.2 Å². The Kier molecular flexibility index (Phi) is 4.20. The highest BCUT2D eigenvalue weighted by atomic mass is 16.5. The van der Waals surface area contributed by atoms with E-state index in [2.05, 4.69) is 16.8 Å². The van der Waals surface area contributed by atoms with E-state index in [1.807, 2.05) is 13.8 Å². The molecule has 1 aliphatic rings. The van der Waals surface area contributed by atoms with Gasteiger partial charge < -0.3 is 15.4 Å². The minimum Gasteiger partial charge on any atom is -0.377 e. The van der Waals surface area contributed by atoms with Crippen molar-refractivity contribution in [3.63, 3.8) is 0 Å². The highest BCUT2D eigenvalue weighted by molar-refractivity contribution is 5.78. The maximum absolute atomic E-state index is 5.90. The Morgan fingerprint density at radius 3 is 2.93 bits per heavy atom. The standard InChI is InChI=1S/C10H21N3O/c1-8(2)12-10(11)13-5-4-6-14-9(3)7-13/h8-9H,4-7H2,1-3H3,(H2,11,12). The number of aliphatic imine (C=N–C) groups is 1. The van der Waals surface area contributed by atoms with Crippen LogP contribution in [0.4, 0.5) is 0 Å². The van der Waals surface area contributed by atoms with Gasteiger partial charge in [-0.2, -0.15) is 0 Å². The minimum absolute atomic E-state index is 0.249. The smallest absolute Gasteiger partial charge is 0.191 e. The summed E-state index contributed by atoms with van der Waals surface area (Å²) in [5.74, 6) is 0.650. The normalized spacial score (nSPS) is 25.3. The van der Waals surface area contributed by atoms with Gasteiger partial charge in [-0.15, -0.1) is 0 Å². The molecule has 2 N–H and O–H groups in total. The van der Waals surface area contributed by atoms with Crippen LogP contribution in [0.3, 0.4) is 0 Å². The number of nitrogens with two attached hydrogens (primary N) is 1. The maximum Gasteiger partial charge on any atom is 0.191 e. The Morgan fingerprint density at radius 1 is 1.57 bits per heavy atom. The van der Waals surface area contributed by atoms with Gasteiger partial charge in [0.05, 0.1) is 6.10 Å². The Bertz CT molecular complexity index is 204. The summed E-state index contributed by atoms with van der Waals surface area (Å²) in [6.07, 6.45) is 1.27. The first-order valence-corrected chi connectivity index (χ1v) is 5.29. The molecule has 1 heterocycles. The van der Waals surface area contributed by atoms with Crippen molar-refractivity contribution in [1.29, 1.82) is 0 Å². The lowest BCUT2D eigenvalue weighted by molar-refractivity contribution is 0.0742. The summed E-state index contributed by atoms with van der Waals surface area (Å²) in [6.45, 7) is 8.76. The predicted molar refractivity (Wildman–Crippen MR) is 58.4 cm³/mol. The number of nitrogens with zero attached hydrogens (tertiary/aromatic N) is 2. The molecule has 0 spiro atoms. The molecule has 1 atom stereocenters. The minimum atomic E-state index is 0.249. The van der Waals surface area contributed by atoms with Gasteiger partial charge in [0.1, 0.15) is 0 Å². The topological polar surface area (TPSA) is 50.8 Å². The van der Waals surface area contributed by atoms with E-state index in [1.54, 1.807) is 0 Å². The summed E-state index contributed by atoms with van der Waals surface area (Å²) >= 11 is 0.